The van der Waals surface area contributed by atoms with Crippen molar-refractivity contribution in [3.63, 3.8) is 0 Å². The number of benzene rings is 1. The zero-order valence-corrected chi connectivity index (χ0v) is 10.5. The summed E-state index contributed by atoms with van der Waals surface area (Å²) in [6, 6.07) is 5.88. The fourth-order valence-corrected chi connectivity index (χ4v) is 2.15. The van der Waals surface area contributed by atoms with Crippen LogP contribution >= 0.6 is 0 Å². The first-order valence-electron chi connectivity index (χ1n) is 6.16. The van der Waals surface area contributed by atoms with Crippen LogP contribution in [-0.4, -0.2) is 21.0 Å². The molecule has 1 unspecified atom stereocenters. The second kappa shape index (κ2) is 4.14. The summed E-state index contributed by atoms with van der Waals surface area (Å²) in [6.45, 7) is 4.51. The van der Waals surface area contributed by atoms with Crippen LogP contribution in [0.5, 0.6) is 0 Å². The number of furan rings is 1. The number of aliphatic hydroxyl groups excluding tert-OH is 1. The highest BCUT2D eigenvalue weighted by molar-refractivity contribution is 6.03. The van der Waals surface area contributed by atoms with Gasteiger partial charge in [0, 0.05) is 10.8 Å². The Morgan fingerprint density at radius 1 is 1.33 bits per heavy atom. The zero-order chi connectivity index (χ0) is 12.7. The highest BCUT2D eigenvalue weighted by Crippen LogP contribution is 2.26. The van der Waals surface area contributed by atoms with Crippen molar-refractivity contribution in [2.24, 2.45) is 5.92 Å². The monoisotopic (exact) mass is 244 g/mol. The Bertz CT molecular complexity index is 681. The molecule has 3 aromatic rings. The quantitative estimate of drug-likeness (QED) is 0.770. The molecule has 0 amide bonds. The fraction of sp³-hybridized carbons (Fsp3) is 0.357. The lowest BCUT2D eigenvalue weighted by molar-refractivity contribution is 0.104. The van der Waals surface area contributed by atoms with Crippen molar-refractivity contribution < 1.29 is 9.52 Å². The summed E-state index contributed by atoms with van der Waals surface area (Å²) in [5.41, 5.74) is 1.88. The summed E-state index contributed by atoms with van der Waals surface area (Å²) < 4.78 is 7.26. The van der Waals surface area contributed by atoms with Crippen molar-refractivity contribution in [3.8, 4) is 0 Å². The third kappa shape index (κ3) is 1.69. The highest BCUT2D eigenvalue weighted by Gasteiger charge is 2.14. The molecule has 0 aliphatic carbocycles. The lowest BCUT2D eigenvalue weighted by Gasteiger charge is -2.15. The molecule has 4 nitrogen and oxygen atoms in total. The summed E-state index contributed by atoms with van der Waals surface area (Å²) in [5.74, 6) is 0.216. The lowest BCUT2D eigenvalue weighted by atomic mass is 10.1. The summed E-state index contributed by atoms with van der Waals surface area (Å²) in [5, 5.41) is 16.5. The van der Waals surface area contributed by atoms with Gasteiger partial charge in [-0.15, -0.1) is 0 Å². The Morgan fingerprint density at radius 2 is 2.17 bits per heavy atom. The van der Waals surface area contributed by atoms with Gasteiger partial charge in [-0.2, -0.15) is 5.10 Å². The third-order valence-electron chi connectivity index (χ3n) is 3.36. The Kier molecular flexibility index (Phi) is 2.59. The SMILES string of the molecule is CC(C)C(O)Cn1ncc2ccc3occc3c21. The van der Waals surface area contributed by atoms with Crippen molar-refractivity contribution in [1.29, 1.82) is 0 Å². The summed E-state index contributed by atoms with van der Waals surface area (Å²) >= 11 is 0. The van der Waals surface area contributed by atoms with E-state index in [4.69, 9.17) is 4.42 Å². The second-order valence-electron chi connectivity index (χ2n) is 4.97. The van der Waals surface area contributed by atoms with Crippen molar-refractivity contribution in [2.45, 2.75) is 26.5 Å². The van der Waals surface area contributed by atoms with E-state index in [1.165, 1.54) is 0 Å². The molecule has 0 aliphatic heterocycles. The Labute approximate surface area is 105 Å². The van der Waals surface area contributed by atoms with Gasteiger partial charge < -0.3 is 9.52 Å². The maximum atomic E-state index is 10.00. The molecule has 1 aromatic carbocycles. The molecule has 0 fully saturated rings. The van der Waals surface area contributed by atoms with Crippen LogP contribution in [0.25, 0.3) is 21.9 Å². The maximum absolute atomic E-state index is 10.00. The van der Waals surface area contributed by atoms with Gasteiger partial charge in [-0.05, 0) is 24.1 Å². The van der Waals surface area contributed by atoms with Crippen LogP contribution in [0, 0.1) is 5.92 Å². The van der Waals surface area contributed by atoms with E-state index in [2.05, 4.69) is 5.10 Å². The van der Waals surface area contributed by atoms with E-state index < -0.39 is 6.10 Å². The van der Waals surface area contributed by atoms with Crippen LogP contribution < -0.4 is 0 Å². The van der Waals surface area contributed by atoms with E-state index >= 15 is 0 Å². The smallest absolute Gasteiger partial charge is 0.136 e. The normalized spacial score (nSPS) is 13.8. The minimum absolute atomic E-state index is 0.216. The molecule has 0 saturated carbocycles. The highest BCUT2D eigenvalue weighted by atomic mass is 16.3. The van der Waals surface area contributed by atoms with Crippen molar-refractivity contribution in [1.82, 2.24) is 9.78 Å². The van der Waals surface area contributed by atoms with E-state index in [1.807, 2.05) is 42.9 Å². The number of hydrogen-bond donors (Lipinski definition) is 1. The van der Waals surface area contributed by atoms with Gasteiger partial charge >= 0.3 is 0 Å². The van der Waals surface area contributed by atoms with E-state index in [1.54, 1.807) is 6.26 Å². The maximum Gasteiger partial charge on any atom is 0.136 e. The first-order valence-corrected chi connectivity index (χ1v) is 6.16. The third-order valence-corrected chi connectivity index (χ3v) is 3.36. The molecule has 1 N–H and O–H groups in total. The van der Waals surface area contributed by atoms with Gasteiger partial charge in [-0.3, -0.25) is 4.68 Å². The summed E-state index contributed by atoms with van der Waals surface area (Å²) in [6.07, 6.45) is 3.12. The molecule has 2 heterocycles. The second-order valence-corrected chi connectivity index (χ2v) is 4.97. The first kappa shape index (κ1) is 11.3. The van der Waals surface area contributed by atoms with Crippen LogP contribution in [0.1, 0.15) is 13.8 Å². The predicted molar refractivity (Wildman–Crippen MR) is 70.3 cm³/mol. The Balaban J connectivity index is 2.14. The van der Waals surface area contributed by atoms with Crippen LogP contribution in [0.15, 0.2) is 35.1 Å². The van der Waals surface area contributed by atoms with E-state index in [0.717, 1.165) is 21.9 Å². The molecular formula is C14H16N2O2. The minimum atomic E-state index is -0.393. The standard InChI is InChI=1S/C14H16N2O2/c1-9(2)12(17)8-16-14-10(7-15-16)3-4-13-11(14)5-6-18-13/h3-7,9,12,17H,8H2,1-2H3. The number of aromatic nitrogens is 2. The van der Waals surface area contributed by atoms with Gasteiger partial charge in [0.15, 0.2) is 0 Å². The topological polar surface area (TPSA) is 51.2 Å². The van der Waals surface area contributed by atoms with Gasteiger partial charge in [-0.1, -0.05) is 13.8 Å². The average Bonchev–Trinajstić information content (AvgIpc) is 2.94. The largest absolute Gasteiger partial charge is 0.464 e. The minimum Gasteiger partial charge on any atom is -0.464 e. The molecule has 18 heavy (non-hydrogen) atoms. The van der Waals surface area contributed by atoms with E-state index in [9.17, 15) is 5.11 Å². The number of aliphatic hydroxyl groups is 1. The lowest BCUT2D eigenvalue weighted by Crippen LogP contribution is -2.22. The van der Waals surface area contributed by atoms with E-state index in [-0.39, 0.29) is 5.92 Å². The molecule has 0 saturated heterocycles. The van der Waals surface area contributed by atoms with Crippen LogP contribution in [0.2, 0.25) is 0 Å². The first-order chi connectivity index (χ1) is 8.66. The van der Waals surface area contributed by atoms with Crippen molar-refractivity contribution in [2.75, 3.05) is 0 Å². The zero-order valence-electron chi connectivity index (χ0n) is 10.5. The van der Waals surface area contributed by atoms with Crippen LogP contribution in [-0.2, 0) is 6.54 Å². The van der Waals surface area contributed by atoms with Crippen molar-refractivity contribution in [3.05, 3.63) is 30.7 Å². The molecule has 3 rings (SSSR count). The number of nitrogens with zero attached hydrogens (tertiary/aromatic N) is 2. The van der Waals surface area contributed by atoms with Gasteiger partial charge in [0.2, 0.25) is 0 Å². The summed E-state index contributed by atoms with van der Waals surface area (Å²) in [4.78, 5) is 0. The van der Waals surface area contributed by atoms with Gasteiger partial charge in [0.1, 0.15) is 5.58 Å². The molecule has 94 valence electrons. The number of hydrogen-bond acceptors (Lipinski definition) is 3. The Morgan fingerprint density at radius 3 is 2.94 bits per heavy atom. The molecule has 0 aliphatic rings. The van der Waals surface area contributed by atoms with Gasteiger partial charge in [0.05, 0.1) is 30.6 Å². The summed E-state index contributed by atoms with van der Waals surface area (Å²) in [7, 11) is 0. The van der Waals surface area contributed by atoms with Crippen LogP contribution in [0.3, 0.4) is 0 Å². The molecule has 0 radical (unpaired) electrons. The van der Waals surface area contributed by atoms with Crippen LogP contribution in [0.4, 0.5) is 0 Å². The molecular weight excluding hydrogens is 228 g/mol. The number of rotatable bonds is 3. The van der Waals surface area contributed by atoms with Gasteiger partial charge in [0.25, 0.3) is 0 Å². The van der Waals surface area contributed by atoms with E-state index in [0.29, 0.717) is 6.54 Å². The molecule has 0 spiro atoms. The molecule has 4 heteroatoms. The average molecular weight is 244 g/mol. The molecule has 2 aromatic heterocycles. The number of fused-ring (bicyclic) bond motifs is 3. The van der Waals surface area contributed by atoms with Gasteiger partial charge in [-0.25, -0.2) is 0 Å². The fourth-order valence-electron chi connectivity index (χ4n) is 2.15. The van der Waals surface area contributed by atoms with Crippen molar-refractivity contribution >= 4 is 21.9 Å². The molecule has 1 atom stereocenters. The molecule has 0 bridgehead atoms. The predicted octanol–water partition coefficient (Wildman–Crippen LogP) is 2.80. The Hall–Kier alpha value is -1.81.